The SMILES string of the molecule is C1=CC2OC=Cc3ccsc3C2C=C1. The van der Waals surface area contributed by atoms with Gasteiger partial charge in [0.15, 0.2) is 0 Å². The molecule has 0 saturated heterocycles. The molecule has 0 bridgehead atoms. The van der Waals surface area contributed by atoms with Gasteiger partial charge in [-0.15, -0.1) is 11.3 Å². The molecule has 0 saturated carbocycles. The number of allylic oxidation sites excluding steroid dienone is 2. The summed E-state index contributed by atoms with van der Waals surface area (Å²) >= 11 is 1.81. The first-order chi connectivity index (χ1) is 6.95. The third-order valence-corrected chi connectivity index (χ3v) is 3.63. The van der Waals surface area contributed by atoms with Crippen molar-refractivity contribution in [2.45, 2.75) is 12.0 Å². The molecule has 2 heterocycles. The summed E-state index contributed by atoms with van der Waals surface area (Å²) in [5, 5.41) is 2.14. The monoisotopic (exact) mass is 202 g/mol. The summed E-state index contributed by atoms with van der Waals surface area (Å²) in [6.45, 7) is 0. The lowest BCUT2D eigenvalue weighted by Crippen LogP contribution is -2.16. The van der Waals surface area contributed by atoms with E-state index in [0.717, 1.165) is 0 Å². The summed E-state index contributed by atoms with van der Waals surface area (Å²) < 4.78 is 5.64. The van der Waals surface area contributed by atoms with Crippen LogP contribution >= 0.6 is 11.3 Å². The molecular weight excluding hydrogens is 192 g/mol. The van der Waals surface area contributed by atoms with E-state index >= 15 is 0 Å². The first-order valence-electron chi connectivity index (χ1n) is 4.69. The Morgan fingerprint density at radius 2 is 2.14 bits per heavy atom. The Kier molecular flexibility index (Phi) is 1.81. The highest BCUT2D eigenvalue weighted by Gasteiger charge is 2.25. The minimum atomic E-state index is 0.177. The smallest absolute Gasteiger partial charge is 0.127 e. The van der Waals surface area contributed by atoms with Gasteiger partial charge in [0.1, 0.15) is 6.10 Å². The minimum absolute atomic E-state index is 0.177. The molecule has 0 radical (unpaired) electrons. The van der Waals surface area contributed by atoms with Crippen LogP contribution in [-0.4, -0.2) is 6.10 Å². The van der Waals surface area contributed by atoms with E-state index in [1.165, 1.54) is 10.4 Å². The van der Waals surface area contributed by atoms with Gasteiger partial charge in [-0.2, -0.15) is 0 Å². The molecule has 1 aliphatic carbocycles. The third-order valence-electron chi connectivity index (χ3n) is 2.60. The second kappa shape index (κ2) is 3.14. The van der Waals surface area contributed by atoms with Crippen LogP contribution in [0.5, 0.6) is 0 Å². The topological polar surface area (TPSA) is 9.23 Å². The van der Waals surface area contributed by atoms with Gasteiger partial charge in [0.25, 0.3) is 0 Å². The third kappa shape index (κ3) is 1.15. The number of hydrogen-bond donors (Lipinski definition) is 0. The summed E-state index contributed by atoms with van der Waals surface area (Å²) in [4.78, 5) is 1.41. The highest BCUT2D eigenvalue weighted by Crippen LogP contribution is 2.36. The van der Waals surface area contributed by atoms with Crippen molar-refractivity contribution in [2.24, 2.45) is 0 Å². The van der Waals surface area contributed by atoms with Crippen LogP contribution in [0.25, 0.3) is 6.08 Å². The Morgan fingerprint density at radius 1 is 1.21 bits per heavy atom. The predicted octanol–water partition coefficient (Wildman–Crippen LogP) is 3.33. The van der Waals surface area contributed by atoms with Gasteiger partial charge in [-0.25, -0.2) is 0 Å². The van der Waals surface area contributed by atoms with Crippen molar-refractivity contribution in [3.05, 3.63) is 52.5 Å². The van der Waals surface area contributed by atoms with Crippen molar-refractivity contribution in [1.82, 2.24) is 0 Å². The summed E-state index contributed by atoms with van der Waals surface area (Å²) in [7, 11) is 0. The number of rotatable bonds is 0. The normalized spacial score (nSPS) is 27.7. The summed E-state index contributed by atoms with van der Waals surface area (Å²) in [5.74, 6) is 0.394. The first-order valence-corrected chi connectivity index (χ1v) is 5.57. The molecule has 0 fully saturated rings. The highest BCUT2D eigenvalue weighted by atomic mass is 32.1. The van der Waals surface area contributed by atoms with Gasteiger partial charge in [-0.3, -0.25) is 0 Å². The van der Waals surface area contributed by atoms with Crippen LogP contribution in [0.4, 0.5) is 0 Å². The molecule has 1 aromatic heterocycles. The molecule has 2 heteroatoms. The number of thiophene rings is 1. The van der Waals surface area contributed by atoms with Crippen molar-refractivity contribution in [2.75, 3.05) is 0 Å². The molecule has 0 N–H and O–H groups in total. The molecule has 2 aliphatic rings. The zero-order valence-electron chi connectivity index (χ0n) is 7.59. The second-order valence-corrected chi connectivity index (χ2v) is 4.39. The Labute approximate surface area is 87.0 Å². The van der Waals surface area contributed by atoms with Crippen LogP contribution in [0.15, 0.2) is 42.0 Å². The van der Waals surface area contributed by atoms with Crippen molar-refractivity contribution < 1.29 is 4.74 Å². The molecule has 2 atom stereocenters. The van der Waals surface area contributed by atoms with Gasteiger partial charge in [0.2, 0.25) is 0 Å². The maximum atomic E-state index is 5.64. The largest absolute Gasteiger partial charge is 0.493 e. The standard InChI is InChI=1S/C12H10OS/c1-2-4-11-10(3-1)12-9(5-7-13-11)6-8-14-12/h1-8,10-11H. The maximum Gasteiger partial charge on any atom is 0.127 e. The fourth-order valence-corrected chi connectivity index (χ4v) is 2.90. The van der Waals surface area contributed by atoms with Gasteiger partial charge in [-0.05, 0) is 29.2 Å². The minimum Gasteiger partial charge on any atom is -0.493 e. The fourth-order valence-electron chi connectivity index (χ4n) is 1.90. The van der Waals surface area contributed by atoms with E-state index in [0.29, 0.717) is 5.92 Å². The van der Waals surface area contributed by atoms with E-state index in [9.17, 15) is 0 Å². The molecule has 1 aliphatic heterocycles. The molecule has 0 aromatic carbocycles. The van der Waals surface area contributed by atoms with Crippen LogP contribution in [0.3, 0.4) is 0 Å². The molecule has 1 aromatic rings. The van der Waals surface area contributed by atoms with E-state index in [1.54, 1.807) is 6.26 Å². The molecule has 3 rings (SSSR count). The number of ether oxygens (including phenoxy) is 1. The summed E-state index contributed by atoms with van der Waals surface area (Å²) in [6, 6.07) is 2.15. The van der Waals surface area contributed by atoms with Gasteiger partial charge >= 0.3 is 0 Å². The summed E-state index contributed by atoms with van der Waals surface area (Å²) in [5.41, 5.74) is 1.29. The van der Waals surface area contributed by atoms with E-state index < -0.39 is 0 Å². The van der Waals surface area contributed by atoms with Crippen LogP contribution in [0, 0.1) is 0 Å². The van der Waals surface area contributed by atoms with Gasteiger partial charge < -0.3 is 4.74 Å². The van der Waals surface area contributed by atoms with Crippen LogP contribution in [0.2, 0.25) is 0 Å². The molecular formula is C12H10OS. The lowest BCUT2D eigenvalue weighted by molar-refractivity contribution is 0.177. The fraction of sp³-hybridized carbons (Fsp3) is 0.167. The lowest BCUT2D eigenvalue weighted by atomic mass is 9.94. The predicted molar refractivity (Wildman–Crippen MR) is 59.2 cm³/mol. The molecule has 2 unspecified atom stereocenters. The van der Waals surface area contributed by atoms with Crippen molar-refractivity contribution in [3.8, 4) is 0 Å². The molecule has 70 valence electrons. The van der Waals surface area contributed by atoms with Crippen LogP contribution in [0.1, 0.15) is 16.4 Å². The Bertz CT molecular complexity index is 425. The molecule has 0 spiro atoms. The van der Waals surface area contributed by atoms with E-state index in [1.807, 2.05) is 23.5 Å². The zero-order valence-corrected chi connectivity index (χ0v) is 8.41. The Balaban J connectivity index is 2.11. The van der Waals surface area contributed by atoms with Crippen molar-refractivity contribution in [1.29, 1.82) is 0 Å². The Morgan fingerprint density at radius 3 is 3.14 bits per heavy atom. The van der Waals surface area contributed by atoms with E-state index in [2.05, 4.69) is 29.7 Å². The van der Waals surface area contributed by atoms with Gasteiger partial charge in [0, 0.05) is 4.88 Å². The molecule has 14 heavy (non-hydrogen) atoms. The van der Waals surface area contributed by atoms with E-state index in [4.69, 9.17) is 4.74 Å². The van der Waals surface area contributed by atoms with Gasteiger partial charge in [-0.1, -0.05) is 18.2 Å². The summed E-state index contributed by atoms with van der Waals surface area (Å²) in [6.07, 6.45) is 12.5. The lowest BCUT2D eigenvalue weighted by Gasteiger charge is -2.21. The Hall–Kier alpha value is -1.28. The van der Waals surface area contributed by atoms with Crippen molar-refractivity contribution >= 4 is 17.4 Å². The number of fused-ring (bicyclic) bond motifs is 3. The van der Waals surface area contributed by atoms with Crippen LogP contribution < -0.4 is 0 Å². The van der Waals surface area contributed by atoms with Crippen LogP contribution in [-0.2, 0) is 4.74 Å². The first kappa shape index (κ1) is 8.06. The highest BCUT2D eigenvalue weighted by molar-refractivity contribution is 7.10. The number of hydrogen-bond acceptors (Lipinski definition) is 2. The van der Waals surface area contributed by atoms with E-state index in [-0.39, 0.29) is 6.10 Å². The average molecular weight is 202 g/mol. The van der Waals surface area contributed by atoms with Gasteiger partial charge in [0.05, 0.1) is 12.2 Å². The van der Waals surface area contributed by atoms with Crippen molar-refractivity contribution in [3.63, 3.8) is 0 Å². The molecule has 0 amide bonds. The quantitative estimate of drug-likeness (QED) is 0.627. The second-order valence-electron chi connectivity index (χ2n) is 3.44. The zero-order chi connectivity index (χ0) is 9.38. The molecule has 1 nitrogen and oxygen atoms in total. The maximum absolute atomic E-state index is 5.64. The average Bonchev–Trinajstić information content (AvgIpc) is 2.61.